The number of ether oxygens (including phenoxy) is 2. The Hall–Kier alpha value is -2.45. The zero-order valence-electron chi connectivity index (χ0n) is 26.2. The first-order chi connectivity index (χ1) is 20.1. The highest BCUT2D eigenvalue weighted by Gasteiger charge is 2.50. The highest BCUT2D eigenvalue weighted by atomic mass is 127. The van der Waals surface area contributed by atoms with Gasteiger partial charge in [0, 0.05) is 42.6 Å². The summed E-state index contributed by atoms with van der Waals surface area (Å²) in [6.07, 6.45) is 5.06. The number of alkyl halides is 1. The quantitative estimate of drug-likeness (QED) is 0.0945. The normalized spacial score (nSPS) is 22.6. The number of amides is 2. The Bertz CT molecular complexity index is 1310. The summed E-state index contributed by atoms with van der Waals surface area (Å²) in [5, 5.41) is 13.3. The summed E-state index contributed by atoms with van der Waals surface area (Å²) in [6, 6.07) is 5.85. The molecule has 2 aromatic rings. The van der Waals surface area contributed by atoms with Crippen LogP contribution < -0.4 is 21.3 Å². The van der Waals surface area contributed by atoms with Gasteiger partial charge in [-0.05, 0) is 77.6 Å². The van der Waals surface area contributed by atoms with Crippen molar-refractivity contribution >= 4 is 59.9 Å². The molecule has 1 aromatic carbocycles. The highest BCUT2D eigenvalue weighted by Crippen LogP contribution is 2.46. The summed E-state index contributed by atoms with van der Waals surface area (Å²) < 4.78 is 24.9. The van der Waals surface area contributed by atoms with E-state index in [1.807, 2.05) is 27.7 Å². The second-order valence-electron chi connectivity index (χ2n) is 13.5. The molecule has 43 heavy (non-hydrogen) atoms. The molecule has 236 valence electrons. The standard InChI is InChI=1S/C31H45FIN5O4Si/c1-8-41-28(43(5,6)7)31(33)17-23-25(35-20-13-15-22(16-14-20)37-29(40)42-30(2,3)4)24(18-34-26(23)38-31)27(39)36-21-11-9-19(32)10-12-21/h9-12,18,20,22,28H,8,13-17H2,1-7H3,(H,36,39)(H,37,40)(H2,34,35,38)/t20?,22?,28-,31?/m0/s1. The maximum atomic E-state index is 13.6. The first-order valence-corrected chi connectivity index (χ1v) is 19.7. The molecule has 1 unspecified atom stereocenters. The maximum absolute atomic E-state index is 13.6. The molecular formula is C31H45FIN5O4Si. The van der Waals surface area contributed by atoms with Crippen LogP contribution in [0.1, 0.15) is 69.3 Å². The third-order valence-corrected chi connectivity index (χ3v) is 11.7. The smallest absolute Gasteiger partial charge is 0.407 e. The molecule has 2 heterocycles. The number of halogens is 2. The number of alkyl carbamates (subject to hydrolysis) is 1. The van der Waals surface area contributed by atoms with E-state index in [0.29, 0.717) is 24.3 Å². The van der Waals surface area contributed by atoms with Gasteiger partial charge in [0.25, 0.3) is 5.91 Å². The van der Waals surface area contributed by atoms with Crippen molar-refractivity contribution in [3.63, 3.8) is 0 Å². The molecular weight excluding hydrogens is 680 g/mol. The maximum Gasteiger partial charge on any atom is 0.407 e. The number of fused-ring (bicyclic) bond motifs is 1. The zero-order valence-corrected chi connectivity index (χ0v) is 29.4. The Kier molecular flexibility index (Phi) is 10.3. The van der Waals surface area contributed by atoms with E-state index in [9.17, 15) is 14.0 Å². The van der Waals surface area contributed by atoms with Gasteiger partial charge < -0.3 is 30.7 Å². The van der Waals surface area contributed by atoms with Crippen LogP contribution in [0.3, 0.4) is 0 Å². The van der Waals surface area contributed by atoms with Crippen molar-refractivity contribution in [1.29, 1.82) is 0 Å². The fourth-order valence-electron chi connectivity index (χ4n) is 5.85. The lowest BCUT2D eigenvalue weighted by Gasteiger charge is -2.40. The van der Waals surface area contributed by atoms with Crippen LogP contribution in [0.2, 0.25) is 19.6 Å². The van der Waals surface area contributed by atoms with Crippen molar-refractivity contribution < 1.29 is 23.5 Å². The minimum Gasteiger partial charge on any atom is -0.444 e. The van der Waals surface area contributed by atoms with Crippen LogP contribution in [0.4, 0.5) is 26.4 Å². The van der Waals surface area contributed by atoms with Crippen LogP contribution in [-0.4, -0.2) is 58.6 Å². The van der Waals surface area contributed by atoms with E-state index < -0.39 is 23.3 Å². The fourth-order valence-corrected chi connectivity index (χ4v) is 11.7. The lowest BCUT2D eigenvalue weighted by Crippen LogP contribution is -2.56. The Morgan fingerprint density at radius 2 is 1.77 bits per heavy atom. The summed E-state index contributed by atoms with van der Waals surface area (Å²) in [5.41, 5.74) is 2.11. The van der Waals surface area contributed by atoms with Gasteiger partial charge in [0.2, 0.25) is 0 Å². The van der Waals surface area contributed by atoms with Gasteiger partial charge in [-0.1, -0.05) is 42.2 Å². The van der Waals surface area contributed by atoms with Crippen molar-refractivity contribution in [3.8, 4) is 0 Å². The molecule has 0 spiro atoms. The van der Waals surface area contributed by atoms with Crippen molar-refractivity contribution in [2.45, 2.75) is 106 Å². The second-order valence-corrected chi connectivity index (χ2v) is 20.7. The molecule has 0 radical (unpaired) electrons. The molecule has 1 aliphatic heterocycles. The number of benzene rings is 1. The van der Waals surface area contributed by atoms with Gasteiger partial charge in [-0.2, -0.15) is 0 Å². The number of hydrogen-bond acceptors (Lipinski definition) is 7. The summed E-state index contributed by atoms with van der Waals surface area (Å²) in [7, 11) is -1.77. The third kappa shape index (κ3) is 8.59. The van der Waals surface area contributed by atoms with E-state index in [0.717, 1.165) is 42.8 Å². The van der Waals surface area contributed by atoms with Crippen LogP contribution in [0, 0.1) is 5.82 Å². The van der Waals surface area contributed by atoms with E-state index in [1.165, 1.54) is 24.3 Å². The zero-order chi connectivity index (χ0) is 31.6. The monoisotopic (exact) mass is 725 g/mol. The number of rotatable bonds is 9. The van der Waals surface area contributed by atoms with Crippen molar-refractivity contribution in [3.05, 3.63) is 47.4 Å². The summed E-state index contributed by atoms with van der Waals surface area (Å²) in [6.45, 7) is 15.1. The lowest BCUT2D eigenvalue weighted by molar-refractivity contribution is 0.0492. The molecule has 2 atom stereocenters. The predicted octanol–water partition coefficient (Wildman–Crippen LogP) is 7.10. The van der Waals surface area contributed by atoms with Crippen molar-refractivity contribution in [2.24, 2.45) is 0 Å². The van der Waals surface area contributed by atoms with Crippen LogP contribution in [0.5, 0.6) is 0 Å². The van der Waals surface area contributed by atoms with Gasteiger partial charge in [-0.15, -0.1) is 0 Å². The van der Waals surface area contributed by atoms with E-state index >= 15 is 0 Å². The molecule has 2 aliphatic rings. The molecule has 0 bridgehead atoms. The number of pyridine rings is 1. The van der Waals surface area contributed by atoms with Crippen LogP contribution >= 0.6 is 22.6 Å². The van der Waals surface area contributed by atoms with Gasteiger partial charge >= 0.3 is 6.09 Å². The van der Waals surface area contributed by atoms with Gasteiger partial charge in [0.1, 0.15) is 20.8 Å². The topological polar surface area (TPSA) is 114 Å². The predicted molar refractivity (Wildman–Crippen MR) is 180 cm³/mol. The molecule has 12 heteroatoms. The Balaban J connectivity index is 1.58. The Morgan fingerprint density at radius 3 is 2.35 bits per heavy atom. The number of nitrogens with one attached hydrogen (secondary N) is 4. The van der Waals surface area contributed by atoms with Gasteiger partial charge in [-0.3, -0.25) is 4.79 Å². The molecule has 4 rings (SSSR count). The minimum atomic E-state index is -1.77. The molecule has 0 saturated heterocycles. The average molecular weight is 726 g/mol. The number of nitrogens with zero attached hydrogens (tertiary/aromatic N) is 1. The van der Waals surface area contributed by atoms with E-state index in [2.05, 4.69) is 63.5 Å². The number of anilines is 3. The molecule has 1 aromatic heterocycles. The molecule has 4 N–H and O–H groups in total. The van der Waals surface area contributed by atoms with Crippen molar-refractivity contribution in [1.82, 2.24) is 10.3 Å². The van der Waals surface area contributed by atoms with Gasteiger partial charge in [0.05, 0.1) is 25.1 Å². The molecule has 1 saturated carbocycles. The molecule has 1 fully saturated rings. The number of aromatic nitrogens is 1. The average Bonchev–Trinajstić information content (AvgIpc) is 3.25. The Morgan fingerprint density at radius 1 is 1.14 bits per heavy atom. The summed E-state index contributed by atoms with van der Waals surface area (Å²) in [4.78, 5) is 30.6. The van der Waals surface area contributed by atoms with Crippen molar-refractivity contribution in [2.75, 3.05) is 22.6 Å². The van der Waals surface area contributed by atoms with E-state index in [-0.39, 0.29) is 29.5 Å². The van der Waals surface area contributed by atoms with Gasteiger partial charge in [0.15, 0.2) is 0 Å². The Labute approximate surface area is 269 Å². The second kappa shape index (κ2) is 13.3. The molecule has 2 amide bonds. The lowest BCUT2D eigenvalue weighted by atomic mass is 9.90. The number of carbonyl (C=O) groups excluding carboxylic acids is 2. The first-order valence-electron chi connectivity index (χ1n) is 15.0. The van der Waals surface area contributed by atoms with E-state index in [1.54, 1.807) is 6.20 Å². The fraction of sp³-hybridized carbons (Fsp3) is 0.581. The largest absolute Gasteiger partial charge is 0.444 e. The number of carbonyl (C=O) groups is 2. The van der Waals surface area contributed by atoms with Crippen LogP contribution in [0.15, 0.2) is 30.5 Å². The molecule has 9 nitrogen and oxygen atoms in total. The van der Waals surface area contributed by atoms with Gasteiger partial charge in [-0.25, -0.2) is 14.2 Å². The van der Waals surface area contributed by atoms with Crippen LogP contribution in [0.25, 0.3) is 0 Å². The minimum absolute atomic E-state index is 0.0125. The number of hydrogen-bond donors (Lipinski definition) is 4. The third-order valence-electron chi connectivity index (χ3n) is 7.62. The first kappa shape index (κ1) is 33.4. The summed E-state index contributed by atoms with van der Waals surface area (Å²) >= 11 is 2.47. The summed E-state index contributed by atoms with van der Waals surface area (Å²) in [5.74, 6) is 0.0627. The van der Waals surface area contributed by atoms with E-state index in [4.69, 9.17) is 14.5 Å². The SMILES string of the molecule is CCO[C@H](C1(I)Cc2c(ncc(C(=O)Nc3ccc(F)cc3)c2NC2CCC(NC(=O)OC(C)(C)C)CC2)N1)[Si](C)(C)C. The molecule has 1 aliphatic carbocycles. The van der Waals surface area contributed by atoms with Crippen LogP contribution in [-0.2, 0) is 15.9 Å². The highest BCUT2D eigenvalue weighted by molar-refractivity contribution is 14.1.